The van der Waals surface area contributed by atoms with Crippen LogP contribution < -0.4 is 5.32 Å². The molecule has 0 saturated heterocycles. The van der Waals surface area contributed by atoms with E-state index in [-0.39, 0.29) is 33.8 Å². The largest absolute Gasteiger partial charge is 0.505 e. The lowest BCUT2D eigenvalue weighted by atomic mass is 9.92. The molecule has 1 aromatic heterocycles. The van der Waals surface area contributed by atoms with Crippen molar-refractivity contribution in [3.05, 3.63) is 100 Å². The molecule has 1 atom stereocenters. The molecule has 1 amide bonds. The third-order valence-corrected chi connectivity index (χ3v) is 5.77. The van der Waals surface area contributed by atoms with Gasteiger partial charge in [0.1, 0.15) is 11.3 Å². The minimum Gasteiger partial charge on any atom is -0.505 e. The van der Waals surface area contributed by atoms with Gasteiger partial charge in [-0.1, -0.05) is 61.9 Å². The van der Waals surface area contributed by atoms with Gasteiger partial charge in [0.05, 0.1) is 16.4 Å². The second-order valence-corrected chi connectivity index (χ2v) is 8.09. The Morgan fingerprint density at radius 2 is 1.82 bits per heavy atom. The molecule has 0 aliphatic carbocycles. The zero-order valence-corrected chi connectivity index (χ0v) is 18.8. The Morgan fingerprint density at radius 3 is 2.56 bits per heavy atom. The number of nitrogens with zero attached hydrogens (tertiary/aromatic N) is 2. The molecule has 1 unspecified atom stereocenters. The van der Waals surface area contributed by atoms with Crippen LogP contribution in [0.3, 0.4) is 0 Å². The van der Waals surface area contributed by atoms with E-state index in [9.17, 15) is 20.0 Å². The zero-order chi connectivity index (χ0) is 24.1. The van der Waals surface area contributed by atoms with E-state index < -0.39 is 11.0 Å². The maximum Gasteiger partial charge on any atom is 0.279 e. The van der Waals surface area contributed by atoms with E-state index in [4.69, 9.17) is 0 Å². The molecule has 172 valence electrons. The Morgan fingerprint density at radius 1 is 1.06 bits per heavy atom. The summed E-state index contributed by atoms with van der Waals surface area (Å²) in [4.78, 5) is 28.3. The zero-order valence-electron chi connectivity index (χ0n) is 18.8. The molecule has 4 rings (SSSR count). The second kappa shape index (κ2) is 10.1. The molecule has 2 N–H and O–H groups in total. The highest BCUT2D eigenvalue weighted by molar-refractivity contribution is 5.94. The number of fused-ring (bicyclic) bond motifs is 1. The minimum absolute atomic E-state index is 0.124. The highest BCUT2D eigenvalue weighted by Gasteiger charge is 2.27. The van der Waals surface area contributed by atoms with Crippen molar-refractivity contribution in [2.24, 2.45) is 0 Å². The first-order valence-corrected chi connectivity index (χ1v) is 11.2. The number of nitro benzene ring substituents is 1. The molecule has 7 nitrogen and oxygen atoms in total. The van der Waals surface area contributed by atoms with Gasteiger partial charge in [0.25, 0.3) is 5.69 Å². The molecule has 3 aromatic carbocycles. The topological polar surface area (TPSA) is 105 Å². The van der Waals surface area contributed by atoms with Crippen molar-refractivity contribution in [3.8, 4) is 16.9 Å². The highest BCUT2D eigenvalue weighted by atomic mass is 16.6. The van der Waals surface area contributed by atoms with Crippen LogP contribution in [0.15, 0.2) is 79.0 Å². The number of unbranched alkanes of at least 4 members (excludes halogenated alkanes) is 1. The number of non-ortho nitro benzene ring substituents is 1. The summed E-state index contributed by atoms with van der Waals surface area (Å²) >= 11 is 0. The number of rotatable bonds is 8. The van der Waals surface area contributed by atoms with Crippen molar-refractivity contribution < 1.29 is 14.8 Å². The summed E-state index contributed by atoms with van der Waals surface area (Å²) in [6.07, 6.45) is 3.37. The first-order chi connectivity index (χ1) is 16.5. The van der Waals surface area contributed by atoms with Gasteiger partial charge in [0.15, 0.2) is 0 Å². The smallest absolute Gasteiger partial charge is 0.279 e. The SMILES string of the molecule is CCCCC(=O)NC(c1cccc(-c2ccccc2)c1)c1cc([N+](=O)[O-])c2cccnc2c1O. The summed E-state index contributed by atoms with van der Waals surface area (Å²) in [5.74, 6) is -0.382. The number of aromatic nitrogens is 1. The van der Waals surface area contributed by atoms with Crippen molar-refractivity contribution >= 4 is 22.5 Å². The molecule has 0 radical (unpaired) electrons. The van der Waals surface area contributed by atoms with Gasteiger partial charge < -0.3 is 10.4 Å². The Kier molecular flexibility index (Phi) is 6.82. The number of amides is 1. The van der Waals surface area contributed by atoms with Gasteiger partial charge in [-0.05, 0) is 41.3 Å². The number of phenolic OH excluding ortho intramolecular Hbond substituents is 1. The minimum atomic E-state index is -0.793. The number of aromatic hydroxyl groups is 1. The predicted octanol–water partition coefficient (Wildman–Crippen LogP) is 5.91. The Hall–Kier alpha value is -4.26. The van der Waals surface area contributed by atoms with Gasteiger partial charge in [-0.2, -0.15) is 0 Å². The van der Waals surface area contributed by atoms with Gasteiger partial charge in [-0.3, -0.25) is 19.9 Å². The first-order valence-electron chi connectivity index (χ1n) is 11.2. The highest BCUT2D eigenvalue weighted by Crippen LogP contribution is 2.40. The Labute approximate surface area is 197 Å². The number of hydrogen-bond acceptors (Lipinski definition) is 5. The molecule has 0 aliphatic rings. The average molecular weight is 456 g/mol. The van der Waals surface area contributed by atoms with Crippen LogP contribution >= 0.6 is 0 Å². The molecule has 0 aliphatic heterocycles. The Balaban J connectivity index is 1.88. The molecule has 1 heterocycles. The molecular weight excluding hydrogens is 430 g/mol. The number of carbonyl (C=O) groups is 1. The van der Waals surface area contributed by atoms with Crippen molar-refractivity contribution in [2.45, 2.75) is 32.2 Å². The third-order valence-electron chi connectivity index (χ3n) is 5.77. The Bertz CT molecular complexity index is 1340. The summed E-state index contributed by atoms with van der Waals surface area (Å²) in [6.45, 7) is 2.00. The van der Waals surface area contributed by atoms with Crippen molar-refractivity contribution in [1.82, 2.24) is 10.3 Å². The van der Waals surface area contributed by atoms with E-state index in [2.05, 4.69) is 10.3 Å². The number of pyridine rings is 1. The fraction of sp³-hybridized carbons (Fsp3) is 0.185. The van der Waals surface area contributed by atoms with Crippen LogP contribution in [0.1, 0.15) is 43.4 Å². The van der Waals surface area contributed by atoms with Crippen molar-refractivity contribution in [2.75, 3.05) is 0 Å². The van der Waals surface area contributed by atoms with Gasteiger partial charge in [-0.15, -0.1) is 0 Å². The maximum atomic E-state index is 12.8. The summed E-state index contributed by atoms with van der Waals surface area (Å²) in [6, 6.07) is 21.0. The van der Waals surface area contributed by atoms with Gasteiger partial charge in [0.2, 0.25) is 5.91 Å². The summed E-state index contributed by atoms with van der Waals surface area (Å²) in [5.41, 5.74) is 2.80. The molecule has 0 saturated carbocycles. The number of phenols is 1. The standard InChI is InChI=1S/C27H25N3O4/c1-2-3-14-24(31)29-25(20-12-7-11-19(16-20)18-9-5-4-6-10-18)22-17-23(30(33)34)21-13-8-15-28-26(21)27(22)32/h4-13,15-17,25,32H,2-3,14H2,1H3,(H,29,31). The molecule has 34 heavy (non-hydrogen) atoms. The van der Waals surface area contributed by atoms with E-state index in [0.717, 1.165) is 17.5 Å². The molecule has 4 aromatic rings. The quantitative estimate of drug-likeness (QED) is 0.254. The van der Waals surface area contributed by atoms with E-state index >= 15 is 0 Å². The van der Waals surface area contributed by atoms with E-state index in [1.807, 2.05) is 61.5 Å². The summed E-state index contributed by atoms with van der Waals surface area (Å²) in [7, 11) is 0. The van der Waals surface area contributed by atoms with Crippen LogP contribution in [0.2, 0.25) is 0 Å². The second-order valence-electron chi connectivity index (χ2n) is 8.09. The predicted molar refractivity (Wildman–Crippen MR) is 131 cm³/mol. The molecule has 0 spiro atoms. The first kappa shape index (κ1) is 22.9. The van der Waals surface area contributed by atoms with Crippen LogP contribution in [0.25, 0.3) is 22.0 Å². The molecule has 0 bridgehead atoms. The maximum absolute atomic E-state index is 12.8. The van der Waals surface area contributed by atoms with E-state index in [0.29, 0.717) is 18.4 Å². The lowest BCUT2D eigenvalue weighted by molar-refractivity contribution is -0.383. The van der Waals surface area contributed by atoms with Crippen LogP contribution in [0.4, 0.5) is 5.69 Å². The number of benzene rings is 3. The van der Waals surface area contributed by atoms with E-state index in [1.165, 1.54) is 12.3 Å². The number of carbonyl (C=O) groups excluding carboxylic acids is 1. The van der Waals surface area contributed by atoms with Crippen LogP contribution in [0, 0.1) is 10.1 Å². The number of nitro groups is 1. The lowest BCUT2D eigenvalue weighted by Gasteiger charge is -2.22. The number of nitrogens with one attached hydrogen (secondary N) is 1. The van der Waals surface area contributed by atoms with Gasteiger partial charge >= 0.3 is 0 Å². The fourth-order valence-corrected chi connectivity index (χ4v) is 4.04. The van der Waals surface area contributed by atoms with Gasteiger partial charge in [-0.25, -0.2) is 0 Å². The van der Waals surface area contributed by atoms with Crippen LogP contribution in [-0.2, 0) is 4.79 Å². The van der Waals surface area contributed by atoms with Crippen molar-refractivity contribution in [3.63, 3.8) is 0 Å². The molecular formula is C27H25N3O4. The summed E-state index contributed by atoms with van der Waals surface area (Å²) in [5, 5.41) is 26.2. The van der Waals surface area contributed by atoms with Crippen LogP contribution in [0.5, 0.6) is 5.75 Å². The molecule has 0 fully saturated rings. The van der Waals surface area contributed by atoms with Gasteiger partial charge in [0, 0.05) is 24.2 Å². The fourth-order valence-electron chi connectivity index (χ4n) is 4.04. The monoisotopic (exact) mass is 455 g/mol. The number of hydrogen-bond donors (Lipinski definition) is 2. The van der Waals surface area contributed by atoms with Crippen LogP contribution in [-0.4, -0.2) is 20.9 Å². The third kappa shape index (κ3) is 4.73. The molecule has 7 heteroatoms. The average Bonchev–Trinajstić information content (AvgIpc) is 2.87. The normalized spacial score (nSPS) is 11.8. The summed E-state index contributed by atoms with van der Waals surface area (Å²) < 4.78 is 0. The van der Waals surface area contributed by atoms with E-state index in [1.54, 1.807) is 12.1 Å². The lowest BCUT2D eigenvalue weighted by Crippen LogP contribution is -2.29. The van der Waals surface area contributed by atoms with Crippen molar-refractivity contribution in [1.29, 1.82) is 0 Å².